The van der Waals surface area contributed by atoms with Crippen molar-refractivity contribution in [1.29, 1.82) is 0 Å². The van der Waals surface area contributed by atoms with Crippen LogP contribution in [-0.4, -0.2) is 23.6 Å². The second-order valence-corrected chi connectivity index (χ2v) is 2.28. The summed E-state index contributed by atoms with van der Waals surface area (Å²) in [5.74, 6) is 0.607. The molecule has 1 rings (SSSR count). The molecule has 1 aromatic rings. The maximum absolute atomic E-state index is 11.1. The molecule has 0 aliphatic carbocycles. The molecule has 0 saturated carbocycles. The quantitative estimate of drug-likeness (QED) is 0.659. The Morgan fingerprint density at radius 2 is 2.62 bits per heavy atom. The van der Waals surface area contributed by atoms with Crippen molar-refractivity contribution in [1.82, 2.24) is 9.97 Å². The van der Waals surface area contributed by atoms with Gasteiger partial charge in [-0.1, -0.05) is 6.08 Å². The van der Waals surface area contributed by atoms with Gasteiger partial charge in [0.05, 0.1) is 13.4 Å². The number of rotatable bonds is 4. The summed E-state index contributed by atoms with van der Waals surface area (Å²) in [7, 11) is 1.42. The first-order valence-electron chi connectivity index (χ1n) is 3.76. The zero-order valence-corrected chi connectivity index (χ0v) is 7.33. The number of hydrogen-bond acceptors (Lipinski definition) is 4. The molecule has 0 unspecified atom stereocenters. The molecule has 0 amide bonds. The van der Waals surface area contributed by atoms with Crippen molar-refractivity contribution < 1.29 is 4.74 Å². The zero-order valence-electron chi connectivity index (χ0n) is 7.33. The van der Waals surface area contributed by atoms with Gasteiger partial charge < -0.3 is 15.0 Å². The maximum atomic E-state index is 11.1. The number of aromatic amines is 1. The van der Waals surface area contributed by atoms with Gasteiger partial charge in [0.2, 0.25) is 5.75 Å². The topological polar surface area (TPSA) is 67.0 Å². The van der Waals surface area contributed by atoms with Crippen LogP contribution < -0.4 is 15.6 Å². The second-order valence-electron chi connectivity index (χ2n) is 2.28. The summed E-state index contributed by atoms with van der Waals surface area (Å²) in [6, 6.07) is 0. The fraction of sp³-hybridized carbons (Fsp3) is 0.250. The van der Waals surface area contributed by atoms with Crippen molar-refractivity contribution in [2.45, 2.75) is 0 Å². The Kier molecular flexibility index (Phi) is 3.08. The van der Waals surface area contributed by atoms with Gasteiger partial charge in [0.1, 0.15) is 0 Å². The SMILES string of the molecule is C=CCNc1nc[nH]c(=O)c1OC. The summed E-state index contributed by atoms with van der Waals surface area (Å²) in [4.78, 5) is 17.5. The lowest BCUT2D eigenvalue weighted by Crippen LogP contribution is -2.13. The van der Waals surface area contributed by atoms with Gasteiger partial charge >= 0.3 is 0 Å². The number of hydrogen-bond donors (Lipinski definition) is 2. The molecular weight excluding hydrogens is 170 g/mol. The summed E-state index contributed by atoms with van der Waals surface area (Å²) in [5, 5.41) is 2.88. The molecule has 0 fully saturated rings. The highest BCUT2D eigenvalue weighted by molar-refractivity contribution is 5.48. The Hall–Kier alpha value is -1.78. The van der Waals surface area contributed by atoms with Gasteiger partial charge in [-0.15, -0.1) is 6.58 Å². The molecule has 0 radical (unpaired) electrons. The van der Waals surface area contributed by atoms with Crippen LogP contribution in [-0.2, 0) is 0 Å². The predicted molar refractivity (Wildman–Crippen MR) is 50.1 cm³/mol. The van der Waals surface area contributed by atoms with Gasteiger partial charge in [0.25, 0.3) is 5.56 Å². The molecule has 0 aliphatic heterocycles. The lowest BCUT2D eigenvalue weighted by atomic mass is 10.5. The zero-order chi connectivity index (χ0) is 9.68. The summed E-state index contributed by atoms with van der Waals surface area (Å²) < 4.78 is 4.87. The number of ether oxygens (including phenoxy) is 1. The normalized spacial score (nSPS) is 9.31. The molecule has 5 heteroatoms. The minimum absolute atomic E-state index is 0.185. The van der Waals surface area contributed by atoms with Crippen LogP contribution >= 0.6 is 0 Å². The number of H-pyrrole nitrogens is 1. The first-order valence-corrected chi connectivity index (χ1v) is 3.76. The van der Waals surface area contributed by atoms with Gasteiger partial charge in [-0.05, 0) is 0 Å². The molecule has 0 spiro atoms. The monoisotopic (exact) mass is 181 g/mol. The standard InChI is InChI=1S/C8H11N3O2/c1-3-4-9-7-6(13-2)8(12)11-5-10-7/h3,5H,1,4H2,2H3,(H2,9,10,11,12). The van der Waals surface area contributed by atoms with E-state index in [1.54, 1.807) is 6.08 Å². The van der Waals surface area contributed by atoms with E-state index in [-0.39, 0.29) is 11.3 Å². The van der Waals surface area contributed by atoms with Crippen molar-refractivity contribution in [2.24, 2.45) is 0 Å². The Labute approximate surface area is 75.5 Å². The Balaban J connectivity index is 2.98. The average Bonchev–Trinajstić information content (AvgIpc) is 2.15. The third kappa shape index (κ3) is 2.08. The van der Waals surface area contributed by atoms with E-state index in [0.29, 0.717) is 12.4 Å². The lowest BCUT2D eigenvalue weighted by Gasteiger charge is -2.05. The van der Waals surface area contributed by atoms with Crippen molar-refractivity contribution in [2.75, 3.05) is 19.0 Å². The third-order valence-corrected chi connectivity index (χ3v) is 1.43. The molecular formula is C8H11N3O2. The van der Waals surface area contributed by atoms with Gasteiger partial charge in [0, 0.05) is 6.54 Å². The predicted octanol–water partition coefficient (Wildman–Crippen LogP) is 0.376. The van der Waals surface area contributed by atoms with Gasteiger partial charge in [-0.2, -0.15) is 0 Å². The van der Waals surface area contributed by atoms with Crippen LogP contribution in [0.15, 0.2) is 23.8 Å². The largest absolute Gasteiger partial charge is 0.489 e. The van der Waals surface area contributed by atoms with E-state index in [0.717, 1.165) is 0 Å². The third-order valence-electron chi connectivity index (χ3n) is 1.43. The van der Waals surface area contributed by atoms with E-state index in [2.05, 4.69) is 21.9 Å². The molecule has 0 aliphatic rings. The number of methoxy groups -OCH3 is 1. The van der Waals surface area contributed by atoms with Crippen LogP contribution in [0.1, 0.15) is 0 Å². The van der Waals surface area contributed by atoms with E-state index in [9.17, 15) is 4.79 Å². The number of nitrogens with one attached hydrogen (secondary N) is 2. The number of aromatic nitrogens is 2. The Morgan fingerprint density at radius 3 is 3.23 bits per heavy atom. The number of anilines is 1. The van der Waals surface area contributed by atoms with Crippen LogP contribution in [0, 0.1) is 0 Å². The summed E-state index contributed by atoms with van der Waals surface area (Å²) in [5.41, 5.74) is -0.302. The lowest BCUT2D eigenvalue weighted by molar-refractivity contribution is 0.408. The van der Waals surface area contributed by atoms with E-state index in [4.69, 9.17) is 4.74 Å². The van der Waals surface area contributed by atoms with Crippen LogP contribution in [0.5, 0.6) is 5.75 Å². The Morgan fingerprint density at radius 1 is 1.85 bits per heavy atom. The average molecular weight is 181 g/mol. The molecule has 1 heterocycles. The molecule has 1 aromatic heterocycles. The van der Waals surface area contributed by atoms with Crippen molar-refractivity contribution in [3.05, 3.63) is 29.3 Å². The van der Waals surface area contributed by atoms with Gasteiger partial charge in [-0.3, -0.25) is 4.79 Å². The van der Waals surface area contributed by atoms with E-state index < -0.39 is 0 Å². The molecule has 0 bridgehead atoms. The molecule has 5 nitrogen and oxygen atoms in total. The minimum Gasteiger partial charge on any atom is -0.489 e. The van der Waals surface area contributed by atoms with Crippen LogP contribution in [0.25, 0.3) is 0 Å². The highest BCUT2D eigenvalue weighted by Crippen LogP contribution is 2.13. The fourth-order valence-corrected chi connectivity index (χ4v) is 0.871. The minimum atomic E-state index is -0.302. The molecule has 70 valence electrons. The highest BCUT2D eigenvalue weighted by Gasteiger charge is 2.06. The molecule has 0 saturated heterocycles. The first-order chi connectivity index (χ1) is 6.29. The Bertz CT molecular complexity index is 345. The van der Waals surface area contributed by atoms with E-state index >= 15 is 0 Å². The van der Waals surface area contributed by atoms with E-state index in [1.807, 2.05) is 0 Å². The summed E-state index contributed by atoms with van der Waals surface area (Å²) >= 11 is 0. The van der Waals surface area contributed by atoms with Crippen molar-refractivity contribution in [3.63, 3.8) is 0 Å². The summed E-state index contributed by atoms with van der Waals surface area (Å²) in [6.07, 6.45) is 2.98. The van der Waals surface area contributed by atoms with Gasteiger partial charge in [-0.25, -0.2) is 4.98 Å². The molecule has 2 N–H and O–H groups in total. The van der Waals surface area contributed by atoms with Crippen LogP contribution in [0.2, 0.25) is 0 Å². The number of nitrogens with zero attached hydrogens (tertiary/aromatic N) is 1. The summed E-state index contributed by atoms with van der Waals surface area (Å²) in [6.45, 7) is 4.07. The van der Waals surface area contributed by atoms with Gasteiger partial charge in [0.15, 0.2) is 5.82 Å². The van der Waals surface area contributed by atoms with E-state index in [1.165, 1.54) is 13.4 Å². The van der Waals surface area contributed by atoms with Crippen LogP contribution in [0.4, 0.5) is 5.82 Å². The molecule has 13 heavy (non-hydrogen) atoms. The molecule has 0 aromatic carbocycles. The molecule has 0 atom stereocenters. The van der Waals surface area contributed by atoms with Crippen LogP contribution in [0.3, 0.4) is 0 Å². The van der Waals surface area contributed by atoms with Crippen molar-refractivity contribution >= 4 is 5.82 Å². The smallest absolute Gasteiger partial charge is 0.295 e. The van der Waals surface area contributed by atoms with Crippen molar-refractivity contribution in [3.8, 4) is 5.75 Å². The fourth-order valence-electron chi connectivity index (χ4n) is 0.871. The first kappa shape index (κ1) is 9.31. The highest BCUT2D eigenvalue weighted by atomic mass is 16.5. The maximum Gasteiger partial charge on any atom is 0.295 e. The second kappa shape index (κ2) is 4.30.